The van der Waals surface area contributed by atoms with Crippen LogP contribution < -0.4 is 0 Å². The van der Waals surface area contributed by atoms with Crippen LogP contribution in [0, 0.1) is 17.3 Å². The van der Waals surface area contributed by atoms with E-state index < -0.39 is 11.9 Å². The average Bonchev–Trinajstić information content (AvgIpc) is 2.99. The molecule has 1 fully saturated rings. The van der Waals surface area contributed by atoms with Gasteiger partial charge in [0.2, 0.25) is 11.9 Å². The summed E-state index contributed by atoms with van der Waals surface area (Å²) in [6.07, 6.45) is 5.95. The first-order chi connectivity index (χ1) is 9.98. The molecule has 0 N–H and O–H groups in total. The Labute approximate surface area is 126 Å². The largest absolute Gasteiger partial charge is 0.239 e. The molecule has 0 radical (unpaired) electrons. The van der Waals surface area contributed by atoms with Gasteiger partial charge in [-0.25, -0.2) is 9.67 Å². The van der Waals surface area contributed by atoms with E-state index in [1.54, 1.807) is 0 Å². The molecule has 0 atom stereocenters. The highest BCUT2D eigenvalue weighted by molar-refractivity contribution is 6.32. The van der Waals surface area contributed by atoms with Crippen LogP contribution in [0.25, 0.3) is 11.1 Å². The van der Waals surface area contributed by atoms with Gasteiger partial charge in [0.25, 0.3) is 0 Å². The number of rotatable bonds is 3. The highest BCUT2D eigenvalue weighted by Gasteiger charge is 2.30. The number of halogens is 3. The standard InChI is InChI=1S/C15H16ClF2N3/c1-15(6-2-3-7-15)9-21-14(18)11(8-19-21)10-4-5-12(17)20-13(10)16/h4-5,8H,2-3,6-7,9H2,1H3. The van der Waals surface area contributed by atoms with Crippen LogP contribution in [0.2, 0.25) is 5.15 Å². The molecular formula is C15H16ClF2N3. The van der Waals surface area contributed by atoms with Gasteiger partial charge in [0, 0.05) is 12.1 Å². The minimum atomic E-state index is -0.685. The maximum absolute atomic E-state index is 14.5. The van der Waals surface area contributed by atoms with Crippen LogP contribution in [-0.4, -0.2) is 14.8 Å². The van der Waals surface area contributed by atoms with Crippen molar-refractivity contribution in [3.05, 3.63) is 35.4 Å². The van der Waals surface area contributed by atoms with Crippen molar-refractivity contribution < 1.29 is 8.78 Å². The van der Waals surface area contributed by atoms with Gasteiger partial charge in [0.15, 0.2) is 0 Å². The van der Waals surface area contributed by atoms with E-state index in [1.807, 2.05) is 0 Å². The Morgan fingerprint density at radius 2 is 1.95 bits per heavy atom. The van der Waals surface area contributed by atoms with E-state index in [1.165, 1.54) is 29.8 Å². The lowest BCUT2D eigenvalue weighted by Crippen LogP contribution is -2.21. The first-order valence-electron chi connectivity index (χ1n) is 7.02. The maximum Gasteiger partial charge on any atom is 0.219 e. The second-order valence-electron chi connectivity index (χ2n) is 6.00. The summed E-state index contributed by atoms with van der Waals surface area (Å²) in [6.45, 7) is 2.71. The molecule has 2 aromatic heterocycles. The number of pyridine rings is 1. The zero-order chi connectivity index (χ0) is 15.0. The van der Waals surface area contributed by atoms with Crippen molar-refractivity contribution in [2.24, 2.45) is 5.41 Å². The van der Waals surface area contributed by atoms with Crippen molar-refractivity contribution in [1.29, 1.82) is 0 Å². The third kappa shape index (κ3) is 2.79. The second kappa shape index (κ2) is 5.37. The highest BCUT2D eigenvalue weighted by atomic mass is 35.5. The zero-order valence-corrected chi connectivity index (χ0v) is 12.5. The minimum absolute atomic E-state index is 0.0551. The maximum atomic E-state index is 14.5. The Balaban J connectivity index is 1.92. The summed E-state index contributed by atoms with van der Waals surface area (Å²) in [7, 11) is 0. The van der Waals surface area contributed by atoms with Crippen molar-refractivity contribution in [1.82, 2.24) is 14.8 Å². The second-order valence-corrected chi connectivity index (χ2v) is 6.35. The lowest BCUT2D eigenvalue weighted by Gasteiger charge is -2.23. The summed E-state index contributed by atoms with van der Waals surface area (Å²) in [4.78, 5) is 3.51. The van der Waals surface area contributed by atoms with Gasteiger partial charge in [0.05, 0.1) is 11.8 Å². The van der Waals surface area contributed by atoms with Gasteiger partial charge in [-0.15, -0.1) is 0 Å². The predicted octanol–water partition coefficient (Wildman–Crippen LogP) is 4.46. The molecule has 0 amide bonds. The van der Waals surface area contributed by atoms with Gasteiger partial charge in [-0.3, -0.25) is 0 Å². The van der Waals surface area contributed by atoms with E-state index in [-0.39, 0.29) is 16.1 Å². The van der Waals surface area contributed by atoms with Gasteiger partial charge in [0.1, 0.15) is 5.15 Å². The predicted molar refractivity (Wildman–Crippen MR) is 77.0 cm³/mol. The van der Waals surface area contributed by atoms with Crippen molar-refractivity contribution in [2.45, 2.75) is 39.2 Å². The van der Waals surface area contributed by atoms with Crippen LogP contribution in [-0.2, 0) is 6.54 Å². The lowest BCUT2D eigenvalue weighted by molar-refractivity contribution is 0.249. The van der Waals surface area contributed by atoms with Crippen LogP contribution in [0.1, 0.15) is 32.6 Å². The number of aromatic nitrogens is 3. The summed E-state index contributed by atoms with van der Waals surface area (Å²) in [5, 5.41) is 4.07. The Kier molecular flexibility index (Phi) is 3.69. The highest BCUT2D eigenvalue weighted by Crippen LogP contribution is 2.39. The molecule has 0 spiro atoms. The molecule has 0 saturated heterocycles. The van der Waals surface area contributed by atoms with E-state index in [0.29, 0.717) is 12.1 Å². The van der Waals surface area contributed by atoms with E-state index >= 15 is 0 Å². The normalized spacial score (nSPS) is 17.3. The summed E-state index contributed by atoms with van der Waals surface area (Å²) in [6, 6.07) is 2.59. The third-order valence-electron chi connectivity index (χ3n) is 4.22. The van der Waals surface area contributed by atoms with Crippen LogP contribution in [0.5, 0.6) is 0 Å². The fourth-order valence-electron chi connectivity index (χ4n) is 3.02. The van der Waals surface area contributed by atoms with Crippen molar-refractivity contribution in [2.75, 3.05) is 0 Å². The van der Waals surface area contributed by atoms with E-state index in [9.17, 15) is 8.78 Å². The van der Waals surface area contributed by atoms with Gasteiger partial charge < -0.3 is 0 Å². The lowest BCUT2D eigenvalue weighted by atomic mass is 9.89. The van der Waals surface area contributed by atoms with Crippen LogP contribution in [0.3, 0.4) is 0 Å². The fraction of sp³-hybridized carbons (Fsp3) is 0.467. The van der Waals surface area contributed by atoms with Crippen LogP contribution in [0.15, 0.2) is 18.3 Å². The quantitative estimate of drug-likeness (QED) is 0.784. The molecule has 112 valence electrons. The number of hydrogen-bond acceptors (Lipinski definition) is 2. The van der Waals surface area contributed by atoms with Crippen LogP contribution in [0.4, 0.5) is 8.78 Å². The molecular weight excluding hydrogens is 296 g/mol. The average molecular weight is 312 g/mol. The molecule has 0 unspecified atom stereocenters. The van der Waals surface area contributed by atoms with Gasteiger partial charge in [-0.2, -0.15) is 13.9 Å². The summed E-state index contributed by atoms with van der Waals surface area (Å²) in [5.74, 6) is -1.13. The molecule has 0 bridgehead atoms. The molecule has 3 nitrogen and oxygen atoms in total. The Morgan fingerprint density at radius 3 is 2.62 bits per heavy atom. The summed E-state index contributed by atoms with van der Waals surface area (Å²) >= 11 is 5.89. The van der Waals surface area contributed by atoms with Crippen molar-refractivity contribution >= 4 is 11.6 Å². The van der Waals surface area contributed by atoms with Gasteiger partial charge in [-0.1, -0.05) is 31.4 Å². The summed E-state index contributed by atoms with van der Waals surface area (Å²) in [5.41, 5.74) is 0.710. The Hall–Kier alpha value is -1.49. The molecule has 2 aromatic rings. The van der Waals surface area contributed by atoms with E-state index in [0.717, 1.165) is 18.9 Å². The SMILES string of the molecule is CC1(Cn2ncc(-c3ccc(F)nc3Cl)c2F)CCCC1. The molecule has 1 saturated carbocycles. The Bertz CT molecular complexity index is 663. The van der Waals surface area contributed by atoms with E-state index in [2.05, 4.69) is 17.0 Å². The molecule has 0 aromatic carbocycles. The molecule has 1 aliphatic carbocycles. The van der Waals surface area contributed by atoms with Crippen LogP contribution >= 0.6 is 11.6 Å². The Morgan fingerprint density at radius 1 is 1.24 bits per heavy atom. The third-order valence-corrected chi connectivity index (χ3v) is 4.51. The van der Waals surface area contributed by atoms with Gasteiger partial charge in [-0.05, 0) is 30.4 Å². The topological polar surface area (TPSA) is 30.7 Å². The molecule has 3 rings (SSSR count). The summed E-state index contributed by atoms with van der Waals surface area (Å²) < 4.78 is 28.9. The number of hydrogen-bond donors (Lipinski definition) is 0. The number of nitrogens with zero attached hydrogens (tertiary/aromatic N) is 3. The van der Waals surface area contributed by atoms with Crippen molar-refractivity contribution in [3.8, 4) is 11.1 Å². The minimum Gasteiger partial charge on any atom is -0.239 e. The molecule has 21 heavy (non-hydrogen) atoms. The van der Waals surface area contributed by atoms with Gasteiger partial charge >= 0.3 is 0 Å². The molecule has 0 aliphatic heterocycles. The molecule has 1 aliphatic rings. The fourth-order valence-corrected chi connectivity index (χ4v) is 3.27. The zero-order valence-electron chi connectivity index (χ0n) is 11.7. The first-order valence-corrected chi connectivity index (χ1v) is 7.40. The molecule has 6 heteroatoms. The monoisotopic (exact) mass is 311 g/mol. The van der Waals surface area contributed by atoms with Crippen molar-refractivity contribution in [3.63, 3.8) is 0 Å². The first kappa shape index (κ1) is 14.4. The van der Waals surface area contributed by atoms with E-state index in [4.69, 9.17) is 11.6 Å². The molecule has 2 heterocycles. The smallest absolute Gasteiger partial charge is 0.219 e.